The van der Waals surface area contributed by atoms with E-state index in [1.54, 1.807) is 12.4 Å². The minimum atomic E-state index is -0.365. The summed E-state index contributed by atoms with van der Waals surface area (Å²) in [5, 5.41) is 12.8. The van der Waals surface area contributed by atoms with E-state index in [0.717, 1.165) is 11.1 Å². The fourth-order valence-electron chi connectivity index (χ4n) is 1.66. The first kappa shape index (κ1) is 13.4. The number of rotatable bonds is 3. The Balaban J connectivity index is 2.10. The molecule has 0 unspecified atom stereocenters. The molecule has 1 aromatic carbocycles. The summed E-state index contributed by atoms with van der Waals surface area (Å²) < 4.78 is 0. The van der Waals surface area contributed by atoms with Gasteiger partial charge in [-0.3, -0.25) is 9.78 Å². The SMILES string of the molecule is Cc1cnccc1CNC(=O)c1cc(Cl)ccc1O. The molecule has 0 saturated heterocycles. The predicted molar refractivity (Wildman–Crippen MR) is 73.3 cm³/mol. The van der Waals surface area contributed by atoms with Gasteiger partial charge in [0.25, 0.3) is 5.91 Å². The number of aromatic hydroxyl groups is 1. The molecule has 98 valence electrons. The van der Waals surface area contributed by atoms with E-state index in [0.29, 0.717) is 11.6 Å². The summed E-state index contributed by atoms with van der Waals surface area (Å²) in [5.41, 5.74) is 2.14. The number of pyridine rings is 1. The average Bonchev–Trinajstić information content (AvgIpc) is 2.40. The maximum absolute atomic E-state index is 12.0. The van der Waals surface area contributed by atoms with Crippen LogP contribution in [-0.4, -0.2) is 16.0 Å². The zero-order chi connectivity index (χ0) is 13.8. The molecule has 0 aliphatic heterocycles. The molecule has 0 fully saturated rings. The van der Waals surface area contributed by atoms with E-state index in [2.05, 4.69) is 10.3 Å². The maximum atomic E-state index is 12.0. The number of carbonyl (C=O) groups is 1. The highest BCUT2D eigenvalue weighted by molar-refractivity contribution is 6.31. The van der Waals surface area contributed by atoms with E-state index in [4.69, 9.17) is 11.6 Å². The average molecular weight is 277 g/mol. The van der Waals surface area contributed by atoms with Gasteiger partial charge >= 0.3 is 0 Å². The number of halogens is 1. The van der Waals surface area contributed by atoms with Crippen LogP contribution in [0, 0.1) is 6.92 Å². The number of aromatic nitrogens is 1. The molecule has 2 rings (SSSR count). The number of nitrogens with one attached hydrogen (secondary N) is 1. The minimum Gasteiger partial charge on any atom is -0.507 e. The molecule has 1 amide bonds. The van der Waals surface area contributed by atoms with Crippen LogP contribution in [0.25, 0.3) is 0 Å². The molecule has 0 radical (unpaired) electrons. The van der Waals surface area contributed by atoms with Crippen LogP contribution >= 0.6 is 11.6 Å². The van der Waals surface area contributed by atoms with Crippen LogP contribution in [0.1, 0.15) is 21.5 Å². The lowest BCUT2D eigenvalue weighted by Crippen LogP contribution is -2.23. The fraction of sp³-hybridized carbons (Fsp3) is 0.143. The van der Waals surface area contributed by atoms with Gasteiger partial charge in [0.2, 0.25) is 0 Å². The Hall–Kier alpha value is -2.07. The molecule has 1 aromatic heterocycles. The zero-order valence-electron chi connectivity index (χ0n) is 10.4. The summed E-state index contributed by atoms with van der Waals surface area (Å²) >= 11 is 5.80. The topological polar surface area (TPSA) is 62.2 Å². The summed E-state index contributed by atoms with van der Waals surface area (Å²) in [5.74, 6) is -0.454. The lowest BCUT2D eigenvalue weighted by Gasteiger charge is -2.08. The first-order chi connectivity index (χ1) is 9.08. The van der Waals surface area contributed by atoms with Crippen LogP contribution in [0.2, 0.25) is 5.02 Å². The van der Waals surface area contributed by atoms with E-state index < -0.39 is 0 Å². The molecule has 0 aliphatic carbocycles. The van der Waals surface area contributed by atoms with Crippen molar-refractivity contribution in [2.75, 3.05) is 0 Å². The van der Waals surface area contributed by atoms with E-state index in [9.17, 15) is 9.90 Å². The Morgan fingerprint density at radius 3 is 2.95 bits per heavy atom. The Morgan fingerprint density at radius 1 is 1.42 bits per heavy atom. The van der Waals surface area contributed by atoms with Crippen molar-refractivity contribution >= 4 is 17.5 Å². The highest BCUT2D eigenvalue weighted by Gasteiger charge is 2.11. The Labute approximate surface area is 116 Å². The third-order valence-corrected chi connectivity index (χ3v) is 3.01. The van der Waals surface area contributed by atoms with Crippen molar-refractivity contribution < 1.29 is 9.90 Å². The second-order valence-electron chi connectivity index (χ2n) is 4.15. The van der Waals surface area contributed by atoms with Crippen molar-refractivity contribution in [3.8, 4) is 5.75 Å². The standard InChI is InChI=1S/C14H13ClN2O2/c1-9-7-16-5-4-10(9)8-17-14(19)12-6-11(15)2-3-13(12)18/h2-7,18H,8H2,1H3,(H,17,19). The molecule has 5 heteroatoms. The number of aryl methyl sites for hydroxylation is 1. The van der Waals surface area contributed by atoms with Crippen molar-refractivity contribution in [1.29, 1.82) is 0 Å². The Bertz CT molecular complexity index is 614. The summed E-state index contributed by atoms with van der Waals surface area (Å²) in [6.45, 7) is 2.30. The second-order valence-corrected chi connectivity index (χ2v) is 4.58. The van der Waals surface area contributed by atoms with Gasteiger partial charge in [-0.1, -0.05) is 11.6 Å². The van der Waals surface area contributed by atoms with Gasteiger partial charge in [-0.05, 0) is 42.3 Å². The molecule has 0 spiro atoms. The van der Waals surface area contributed by atoms with Crippen molar-refractivity contribution in [2.24, 2.45) is 0 Å². The lowest BCUT2D eigenvalue weighted by molar-refractivity contribution is 0.0948. The van der Waals surface area contributed by atoms with Gasteiger partial charge in [0, 0.05) is 24.0 Å². The normalized spacial score (nSPS) is 10.2. The summed E-state index contributed by atoms with van der Waals surface area (Å²) in [6, 6.07) is 6.20. The van der Waals surface area contributed by atoms with Gasteiger partial charge in [-0.25, -0.2) is 0 Å². The molecule has 2 N–H and O–H groups in total. The van der Waals surface area contributed by atoms with Crippen LogP contribution < -0.4 is 5.32 Å². The van der Waals surface area contributed by atoms with E-state index in [1.165, 1.54) is 18.2 Å². The molecule has 19 heavy (non-hydrogen) atoms. The third kappa shape index (κ3) is 3.23. The number of phenols is 1. The monoisotopic (exact) mass is 276 g/mol. The molecule has 1 heterocycles. The van der Waals surface area contributed by atoms with Crippen molar-refractivity contribution in [1.82, 2.24) is 10.3 Å². The molecular formula is C14H13ClN2O2. The molecule has 0 bridgehead atoms. The smallest absolute Gasteiger partial charge is 0.255 e. The van der Waals surface area contributed by atoms with Crippen LogP contribution in [0.4, 0.5) is 0 Å². The number of nitrogens with zero attached hydrogens (tertiary/aromatic N) is 1. The van der Waals surface area contributed by atoms with Crippen molar-refractivity contribution in [2.45, 2.75) is 13.5 Å². The van der Waals surface area contributed by atoms with E-state index in [1.807, 2.05) is 13.0 Å². The largest absolute Gasteiger partial charge is 0.507 e. The van der Waals surface area contributed by atoms with Gasteiger partial charge in [-0.15, -0.1) is 0 Å². The fourth-order valence-corrected chi connectivity index (χ4v) is 1.83. The first-order valence-corrected chi connectivity index (χ1v) is 6.12. The van der Waals surface area contributed by atoms with Crippen molar-refractivity contribution in [3.63, 3.8) is 0 Å². The summed E-state index contributed by atoms with van der Waals surface area (Å²) in [7, 11) is 0. The molecule has 4 nitrogen and oxygen atoms in total. The van der Waals surface area contributed by atoms with E-state index >= 15 is 0 Å². The predicted octanol–water partition coefficient (Wildman–Crippen LogP) is 2.68. The maximum Gasteiger partial charge on any atom is 0.255 e. The van der Waals surface area contributed by atoms with Gasteiger partial charge < -0.3 is 10.4 Å². The molecule has 0 aliphatic rings. The Kier molecular flexibility index (Phi) is 4.02. The van der Waals surface area contributed by atoms with Crippen LogP contribution in [-0.2, 0) is 6.54 Å². The Morgan fingerprint density at radius 2 is 2.21 bits per heavy atom. The number of benzene rings is 1. The molecule has 2 aromatic rings. The number of hydrogen-bond acceptors (Lipinski definition) is 3. The van der Waals surface area contributed by atoms with Crippen LogP contribution in [0.5, 0.6) is 5.75 Å². The third-order valence-electron chi connectivity index (χ3n) is 2.78. The molecule has 0 saturated carbocycles. The van der Waals surface area contributed by atoms with Crippen molar-refractivity contribution in [3.05, 3.63) is 58.4 Å². The molecule has 0 atom stereocenters. The van der Waals surface area contributed by atoms with Crippen LogP contribution in [0.3, 0.4) is 0 Å². The van der Waals surface area contributed by atoms with E-state index in [-0.39, 0.29) is 17.2 Å². The van der Waals surface area contributed by atoms with Gasteiger partial charge in [0.05, 0.1) is 5.56 Å². The summed E-state index contributed by atoms with van der Waals surface area (Å²) in [6.07, 6.45) is 3.41. The zero-order valence-corrected chi connectivity index (χ0v) is 11.1. The second kappa shape index (κ2) is 5.71. The minimum absolute atomic E-state index is 0.0895. The van der Waals surface area contributed by atoms with Gasteiger partial charge in [-0.2, -0.15) is 0 Å². The first-order valence-electron chi connectivity index (χ1n) is 5.74. The van der Waals surface area contributed by atoms with Crippen LogP contribution in [0.15, 0.2) is 36.7 Å². The van der Waals surface area contributed by atoms with Gasteiger partial charge in [0.1, 0.15) is 5.75 Å². The highest BCUT2D eigenvalue weighted by Crippen LogP contribution is 2.21. The lowest BCUT2D eigenvalue weighted by atomic mass is 10.1. The number of amides is 1. The number of carbonyl (C=O) groups excluding carboxylic acids is 1. The highest BCUT2D eigenvalue weighted by atomic mass is 35.5. The summed E-state index contributed by atoms with van der Waals surface area (Å²) in [4.78, 5) is 15.9. The quantitative estimate of drug-likeness (QED) is 0.906. The number of hydrogen-bond donors (Lipinski definition) is 2. The molecular weight excluding hydrogens is 264 g/mol. The number of phenolic OH excluding ortho intramolecular Hbond substituents is 1. The van der Waals surface area contributed by atoms with Gasteiger partial charge in [0.15, 0.2) is 0 Å².